The third-order valence-corrected chi connectivity index (χ3v) is 5.23. The first-order chi connectivity index (χ1) is 11.2. The lowest BCUT2D eigenvalue weighted by Gasteiger charge is -2.22. The number of benzene rings is 2. The van der Waals surface area contributed by atoms with Crippen molar-refractivity contribution in [3.8, 4) is 0 Å². The van der Waals surface area contributed by atoms with Crippen LogP contribution in [0.3, 0.4) is 0 Å². The Kier molecular flexibility index (Phi) is 4.34. The highest BCUT2D eigenvalue weighted by Gasteiger charge is 2.37. The molecule has 1 heterocycles. The Bertz CT molecular complexity index is 909. The van der Waals surface area contributed by atoms with Crippen LogP contribution >= 0.6 is 23.2 Å². The zero-order valence-corrected chi connectivity index (χ0v) is 15.0. The van der Waals surface area contributed by atoms with Gasteiger partial charge in [-0.1, -0.05) is 35.3 Å². The van der Waals surface area contributed by atoms with E-state index in [1.54, 1.807) is 35.2 Å². The molecule has 0 aromatic heterocycles. The number of anilines is 1. The maximum absolute atomic E-state index is 11.6. The number of aliphatic hydroxyl groups is 1. The van der Waals surface area contributed by atoms with Crippen LogP contribution in [0, 0.1) is 0 Å². The number of β-amino-alcohol motifs (C(OH)–C–C–N with tert-alkyl or cyclic N) is 1. The summed E-state index contributed by atoms with van der Waals surface area (Å²) in [6.07, 6.45) is 1.14. The number of sulfone groups is 1. The van der Waals surface area contributed by atoms with Crippen LogP contribution in [0.15, 0.2) is 58.4 Å². The van der Waals surface area contributed by atoms with Crippen molar-refractivity contribution in [3.63, 3.8) is 0 Å². The van der Waals surface area contributed by atoms with E-state index in [2.05, 4.69) is 4.99 Å². The monoisotopic (exact) mass is 384 g/mol. The first-order valence-corrected chi connectivity index (χ1v) is 9.66. The molecule has 0 fully saturated rings. The summed E-state index contributed by atoms with van der Waals surface area (Å²) in [5.74, 6) is 0.417. The molecule has 0 saturated carbocycles. The molecule has 2 aromatic carbocycles. The van der Waals surface area contributed by atoms with E-state index in [1.165, 1.54) is 12.1 Å². The van der Waals surface area contributed by atoms with E-state index in [9.17, 15) is 13.5 Å². The second kappa shape index (κ2) is 6.04. The fourth-order valence-electron chi connectivity index (χ4n) is 2.48. The smallest absolute Gasteiger partial charge is 0.254 e. The summed E-state index contributed by atoms with van der Waals surface area (Å²) in [7, 11) is -3.29. The molecule has 1 atom stereocenters. The van der Waals surface area contributed by atoms with E-state index in [0.29, 0.717) is 22.1 Å². The van der Waals surface area contributed by atoms with E-state index in [4.69, 9.17) is 23.2 Å². The van der Waals surface area contributed by atoms with Crippen molar-refractivity contribution >= 4 is 44.6 Å². The molecule has 0 spiro atoms. The van der Waals surface area contributed by atoms with Crippen molar-refractivity contribution in [2.45, 2.75) is 10.1 Å². The number of hydrogen-bond donors (Lipinski definition) is 1. The molecule has 5 nitrogen and oxygen atoms in total. The predicted octanol–water partition coefficient (Wildman–Crippen LogP) is 2.90. The minimum Gasteiger partial charge on any atom is -0.356 e. The van der Waals surface area contributed by atoms with Gasteiger partial charge < -0.3 is 10.0 Å². The summed E-state index contributed by atoms with van der Waals surface area (Å²) in [6, 6.07) is 13.4. The van der Waals surface area contributed by atoms with Gasteiger partial charge in [-0.15, -0.1) is 0 Å². The second-order valence-electron chi connectivity index (χ2n) is 5.49. The first kappa shape index (κ1) is 17.2. The van der Waals surface area contributed by atoms with Gasteiger partial charge in [-0.3, -0.25) is 0 Å². The van der Waals surface area contributed by atoms with Gasteiger partial charge in [0.2, 0.25) is 0 Å². The highest BCUT2D eigenvalue weighted by Crippen LogP contribution is 2.34. The summed E-state index contributed by atoms with van der Waals surface area (Å²) in [6.45, 7) is 0.0292. The molecule has 8 heteroatoms. The number of amidine groups is 1. The predicted molar refractivity (Wildman–Crippen MR) is 95.7 cm³/mol. The van der Waals surface area contributed by atoms with Gasteiger partial charge in [-0.05, 0) is 36.4 Å². The van der Waals surface area contributed by atoms with Crippen LogP contribution in [0.4, 0.5) is 5.69 Å². The van der Waals surface area contributed by atoms with Crippen molar-refractivity contribution in [1.82, 2.24) is 0 Å². The molecule has 1 aliphatic heterocycles. The Morgan fingerprint density at radius 1 is 1.17 bits per heavy atom. The topological polar surface area (TPSA) is 70.0 Å². The molecule has 126 valence electrons. The van der Waals surface area contributed by atoms with Crippen molar-refractivity contribution < 1.29 is 13.5 Å². The third kappa shape index (κ3) is 3.42. The SMILES string of the molecule is CS(=O)(=O)c1ccc(C2=NC(O)(Cl)CN2c2ccccc2Cl)cc1. The van der Waals surface area contributed by atoms with Crippen LogP contribution in [0.25, 0.3) is 0 Å². The second-order valence-corrected chi connectivity index (χ2v) is 8.52. The normalized spacial score (nSPS) is 21.0. The highest BCUT2D eigenvalue weighted by atomic mass is 35.5. The van der Waals surface area contributed by atoms with Crippen molar-refractivity contribution in [2.24, 2.45) is 4.99 Å². The molecule has 1 unspecified atom stereocenters. The van der Waals surface area contributed by atoms with Gasteiger partial charge >= 0.3 is 0 Å². The van der Waals surface area contributed by atoms with E-state index in [1.807, 2.05) is 6.07 Å². The minimum absolute atomic E-state index is 0.0292. The first-order valence-electron chi connectivity index (χ1n) is 7.01. The molecule has 0 aliphatic carbocycles. The van der Waals surface area contributed by atoms with Gasteiger partial charge in [0.05, 0.1) is 22.2 Å². The maximum Gasteiger partial charge on any atom is 0.254 e. The number of alkyl halides is 1. The Balaban J connectivity index is 2.05. The van der Waals surface area contributed by atoms with Gasteiger partial charge in [-0.25, -0.2) is 13.4 Å². The van der Waals surface area contributed by atoms with Crippen molar-refractivity contribution in [1.29, 1.82) is 0 Å². The zero-order chi connectivity index (χ0) is 17.5. The van der Waals surface area contributed by atoms with Gasteiger partial charge in [0.15, 0.2) is 9.84 Å². The van der Waals surface area contributed by atoms with Crippen LogP contribution in [-0.4, -0.2) is 37.3 Å². The molecule has 3 rings (SSSR count). The van der Waals surface area contributed by atoms with Crippen LogP contribution < -0.4 is 4.90 Å². The molecule has 1 aliphatic rings. The lowest BCUT2D eigenvalue weighted by atomic mass is 10.2. The van der Waals surface area contributed by atoms with Crippen LogP contribution in [-0.2, 0) is 9.84 Å². The Labute approximate surface area is 150 Å². The number of para-hydroxylation sites is 1. The van der Waals surface area contributed by atoms with E-state index in [0.717, 1.165) is 6.26 Å². The van der Waals surface area contributed by atoms with Gasteiger partial charge in [0, 0.05) is 11.8 Å². The molecular formula is C16H14Cl2N2O3S. The van der Waals surface area contributed by atoms with Crippen LogP contribution in [0.1, 0.15) is 5.56 Å². The minimum atomic E-state index is -3.29. The molecule has 0 bridgehead atoms. The van der Waals surface area contributed by atoms with Crippen LogP contribution in [0.5, 0.6) is 0 Å². The summed E-state index contributed by atoms with van der Waals surface area (Å²) in [4.78, 5) is 6.04. The molecule has 1 N–H and O–H groups in total. The molecular weight excluding hydrogens is 371 g/mol. The number of rotatable bonds is 3. The summed E-state index contributed by atoms with van der Waals surface area (Å²) in [5, 5.41) is 8.85. The molecule has 24 heavy (non-hydrogen) atoms. The van der Waals surface area contributed by atoms with Gasteiger partial charge in [0.25, 0.3) is 5.18 Å². The van der Waals surface area contributed by atoms with Crippen LogP contribution in [0.2, 0.25) is 5.02 Å². The Morgan fingerprint density at radius 3 is 2.38 bits per heavy atom. The number of nitrogens with zero attached hydrogens (tertiary/aromatic N) is 2. The third-order valence-electron chi connectivity index (χ3n) is 3.58. The average molecular weight is 385 g/mol. The van der Waals surface area contributed by atoms with Gasteiger partial charge in [-0.2, -0.15) is 0 Å². The fourth-order valence-corrected chi connectivity index (χ4v) is 3.54. The standard InChI is InChI=1S/C16H14Cl2N2O3S/c1-24(22,23)12-8-6-11(7-9-12)15-19-16(18,21)10-20(15)14-5-3-2-4-13(14)17/h2-9,21H,10H2,1H3. The van der Waals surface area contributed by atoms with E-state index >= 15 is 0 Å². The van der Waals surface area contributed by atoms with Crippen molar-refractivity contribution in [3.05, 3.63) is 59.1 Å². The fraction of sp³-hybridized carbons (Fsp3) is 0.188. The molecule has 0 radical (unpaired) electrons. The molecule has 2 aromatic rings. The maximum atomic E-state index is 11.6. The zero-order valence-electron chi connectivity index (χ0n) is 12.6. The Hall–Kier alpha value is -1.60. The number of aliphatic imine (C=N–C) groups is 1. The Morgan fingerprint density at radius 2 is 1.79 bits per heavy atom. The highest BCUT2D eigenvalue weighted by molar-refractivity contribution is 7.90. The summed E-state index contributed by atoms with van der Waals surface area (Å²) in [5.41, 5.74) is 1.28. The van der Waals surface area contributed by atoms with Gasteiger partial charge in [0.1, 0.15) is 5.84 Å². The largest absolute Gasteiger partial charge is 0.356 e. The van der Waals surface area contributed by atoms with E-state index in [-0.39, 0.29) is 11.4 Å². The molecule has 0 amide bonds. The molecule has 0 saturated heterocycles. The summed E-state index contributed by atoms with van der Waals surface area (Å²) < 4.78 is 23.2. The summed E-state index contributed by atoms with van der Waals surface area (Å²) >= 11 is 12.2. The number of hydrogen-bond acceptors (Lipinski definition) is 5. The lowest BCUT2D eigenvalue weighted by molar-refractivity contribution is 0.157. The van der Waals surface area contributed by atoms with E-state index < -0.39 is 15.0 Å². The lowest BCUT2D eigenvalue weighted by Crippen LogP contribution is -2.33. The number of halogens is 2. The quantitative estimate of drug-likeness (QED) is 0.652. The average Bonchev–Trinajstić information content (AvgIpc) is 2.83. The van der Waals surface area contributed by atoms with Crippen molar-refractivity contribution in [2.75, 3.05) is 17.7 Å².